The van der Waals surface area contributed by atoms with Crippen molar-refractivity contribution < 1.29 is 14.6 Å². The van der Waals surface area contributed by atoms with Crippen LogP contribution >= 0.6 is 0 Å². The number of benzene rings is 1. The van der Waals surface area contributed by atoms with E-state index in [0.29, 0.717) is 13.2 Å². The number of aliphatic hydroxyl groups is 1. The first-order valence-corrected chi connectivity index (χ1v) is 5.33. The number of ether oxygens (including phenoxy) is 2. The molecule has 0 fully saturated rings. The molecule has 1 N–H and O–H groups in total. The van der Waals surface area contributed by atoms with Crippen LogP contribution in [0.1, 0.15) is 12.5 Å². The van der Waals surface area contributed by atoms with Gasteiger partial charge in [0.25, 0.3) is 0 Å². The largest absolute Gasteiger partial charge is 0.490 e. The average Bonchev–Trinajstić information content (AvgIpc) is 2.29. The fraction of sp³-hybridized carbons (Fsp3) is 0.500. The third-order valence-corrected chi connectivity index (χ3v) is 2.59. The fourth-order valence-electron chi connectivity index (χ4n) is 1.84. The number of para-hydroxylation sites is 1. The third kappa shape index (κ3) is 2.07. The lowest BCUT2D eigenvalue weighted by Gasteiger charge is -2.25. The Balaban J connectivity index is 2.25. The van der Waals surface area contributed by atoms with Crippen LogP contribution in [0.3, 0.4) is 0 Å². The van der Waals surface area contributed by atoms with Gasteiger partial charge in [0.1, 0.15) is 0 Å². The Morgan fingerprint density at radius 2 is 2.40 bits per heavy atom. The summed E-state index contributed by atoms with van der Waals surface area (Å²) in [5.41, 5.74) is 1.13. The molecular formula is C12H16O3. The van der Waals surface area contributed by atoms with Crippen LogP contribution in [-0.2, 0) is 6.42 Å². The van der Waals surface area contributed by atoms with Gasteiger partial charge in [0.2, 0.25) is 0 Å². The standard InChI is InChI=1S/C12H16O3/c1-2-14-11-5-3-4-10-6-9(7-13)8-15-12(10)11/h3-5,9,13H,2,6-8H2,1H3. The van der Waals surface area contributed by atoms with Gasteiger partial charge in [-0.1, -0.05) is 12.1 Å². The van der Waals surface area contributed by atoms with Crippen molar-refractivity contribution in [1.29, 1.82) is 0 Å². The monoisotopic (exact) mass is 208 g/mol. The summed E-state index contributed by atoms with van der Waals surface area (Å²) in [5, 5.41) is 9.08. The Morgan fingerprint density at radius 3 is 3.13 bits per heavy atom. The van der Waals surface area contributed by atoms with E-state index in [1.807, 2.05) is 25.1 Å². The van der Waals surface area contributed by atoms with Gasteiger partial charge in [0.15, 0.2) is 11.5 Å². The van der Waals surface area contributed by atoms with Crippen LogP contribution in [0.4, 0.5) is 0 Å². The Kier molecular flexibility index (Phi) is 3.11. The second kappa shape index (κ2) is 4.53. The fourth-order valence-corrected chi connectivity index (χ4v) is 1.84. The van der Waals surface area contributed by atoms with Crippen molar-refractivity contribution in [3.05, 3.63) is 23.8 Å². The second-order valence-electron chi connectivity index (χ2n) is 3.74. The van der Waals surface area contributed by atoms with E-state index in [9.17, 15) is 0 Å². The molecule has 1 aliphatic heterocycles. The van der Waals surface area contributed by atoms with E-state index in [2.05, 4.69) is 0 Å². The first-order chi connectivity index (χ1) is 7.35. The maximum Gasteiger partial charge on any atom is 0.164 e. The second-order valence-corrected chi connectivity index (χ2v) is 3.74. The van der Waals surface area contributed by atoms with Crippen LogP contribution in [0.5, 0.6) is 11.5 Å². The molecule has 0 spiro atoms. The molecule has 1 aromatic rings. The summed E-state index contributed by atoms with van der Waals surface area (Å²) in [6.45, 7) is 3.36. The molecule has 0 bridgehead atoms. The first kappa shape index (κ1) is 10.3. The molecule has 15 heavy (non-hydrogen) atoms. The van der Waals surface area contributed by atoms with E-state index < -0.39 is 0 Å². The van der Waals surface area contributed by atoms with Crippen molar-refractivity contribution in [3.8, 4) is 11.5 Å². The average molecular weight is 208 g/mol. The normalized spacial score (nSPS) is 19.2. The van der Waals surface area contributed by atoms with Crippen LogP contribution in [0.15, 0.2) is 18.2 Å². The summed E-state index contributed by atoms with van der Waals surface area (Å²) in [6.07, 6.45) is 0.868. The van der Waals surface area contributed by atoms with Crippen LogP contribution < -0.4 is 9.47 Å². The molecule has 2 rings (SSSR count). The Labute approximate surface area is 89.6 Å². The van der Waals surface area contributed by atoms with Crippen molar-refractivity contribution >= 4 is 0 Å². The summed E-state index contributed by atoms with van der Waals surface area (Å²) < 4.78 is 11.1. The molecule has 82 valence electrons. The maximum atomic E-state index is 9.08. The highest BCUT2D eigenvalue weighted by atomic mass is 16.5. The summed E-state index contributed by atoms with van der Waals surface area (Å²) in [4.78, 5) is 0. The van der Waals surface area contributed by atoms with E-state index in [0.717, 1.165) is 23.5 Å². The van der Waals surface area contributed by atoms with Gasteiger partial charge in [0, 0.05) is 12.5 Å². The van der Waals surface area contributed by atoms with Crippen LogP contribution in [0, 0.1) is 5.92 Å². The van der Waals surface area contributed by atoms with Crippen LogP contribution in [0.25, 0.3) is 0 Å². The summed E-state index contributed by atoms with van der Waals surface area (Å²) in [7, 11) is 0. The van der Waals surface area contributed by atoms with Gasteiger partial charge in [-0.05, 0) is 25.0 Å². The molecule has 1 aliphatic rings. The summed E-state index contributed by atoms with van der Waals surface area (Å²) in [6, 6.07) is 5.91. The Bertz CT molecular complexity index is 336. The molecule has 3 heteroatoms. The lowest BCUT2D eigenvalue weighted by atomic mass is 9.97. The van der Waals surface area contributed by atoms with Crippen molar-refractivity contribution in [2.24, 2.45) is 5.92 Å². The molecule has 0 saturated carbocycles. The summed E-state index contributed by atoms with van der Waals surface area (Å²) in [5.74, 6) is 1.88. The number of fused-ring (bicyclic) bond motifs is 1. The number of hydrogen-bond acceptors (Lipinski definition) is 3. The molecule has 0 saturated heterocycles. The lowest BCUT2D eigenvalue weighted by Crippen LogP contribution is -2.24. The number of rotatable bonds is 3. The van der Waals surface area contributed by atoms with Gasteiger partial charge in [-0.25, -0.2) is 0 Å². The molecule has 0 amide bonds. The molecule has 0 aromatic heterocycles. The van der Waals surface area contributed by atoms with Crippen LogP contribution in [0.2, 0.25) is 0 Å². The van der Waals surface area contributed by atoms with Gasteiger partial charge in [0.05, 0.1) is 13.2 Å². The minimum atomic E-state index is 0.179. The predicted molar refractivity (Wildman–Crippen MR) is 57.4 cm³/mol. The molecule has 3 nitrogen and oxygen atoms in total. The molecule has 1 aromatic carbocycles. The maximum absolute atomic E-state index is 9.08. The van der Waals surface area contributed by atoms with Crippen molar-refractivity contribution in [1.82, 2.24) is 0 Å². The molecule has 1 unspecified atom stereocenters. The van der Waals surface area contributed by atoms with E-state index >= 15 is 0 Å². The zero-order valence-electron chi connectivity index (χ0n) is 8.90. The van der Waals surface area contributed by atoms with Gasteiger partial charge in [-0.2, -0.15) is 0 Å². The predicted octanol–water partition coefficient (Wildman–Crippen LogP) is 1.63. The van der Waals surface area contributed by atoms with Gasteiger partial charge < -0.3 is 14.6 Å². The minimum absolute atomic E-state index is 0.179. The Hall–Kier alpha value is -1.22. The first-order valence-electron chi connectivity index (χ1n) is 5.33. The van der Waals surface area contributed by atoms with E-state index in [4.69, 9.17) is 14.6 Å². The highest BCUT2D eigenvalue weighted by molar-refractivity contribution is 5.47. The van der Waals surface area contributed by atoms with Crippen molar-refractivity contribution in [2.45, 2.75) is 13.3 Å². The van der Waals surface area contributed by atoms with Crippen molar-refractivity contribution in [2.75, 3.05) is 19.8 Å². The molecule has 1 heterocycles. The lowest BCUT2D eigenvalue weighted by molar-refractivity contribution is 0.142. The van der Waals surface area contributed by atoms with E-state index in [1.165, 1.54) is 0 Å². The number of aliphatic hydroxyl groups excluding tert-OH is 1. The van der Waals surface area contributed by atoms with Gasteiger partial charge in [-0.3, -0.25) is 0 Å². The van der Waals surface area contributed by atoms with E-state index in [-0.39, 0.29) is 12.5 Å². The van der Waals surface area contributed by atoms with Crippen LogP contribution in [-0.4, -0.2) is 24.9 Å². The highest BCUT2D eigenvalue weighted by Gasteiger charge is 2.21. The molecule has 1 atom stereocenters. The Morgan fingerprint density at radius 1 is 1.53 bits per heavy atom. The number of hydrogen-bond donors (Lipinski definition) is 1. The quantitative estimate of drug-likeness (QED) is 0.820. The molecule has 0 aliphatic carbocycles. The van der Waals surface area contributed by atoms with Crippen molar-refractivity contribution in [3.63, 3.8) is 0 Å². The summed E-state index contributed by atoms with van der Waals surface area (Å²) >= 11 is 0. The zero-order valence-corrected chi connectivity index (χ0v) is 8.90. The molecule has 0 radical (unpaired) electrons. The topological polar surface area (TPSA) is 38.7 Å². The third-order valence-electron chi connectivity index (χ3n) is 2.59. The van der Waals surface area contributed by atoms with Gasteiger partial charge in [-0.15, -0.1) is 0 Å². The minimum Gasteiger partial charge on any atom is -0.490 e. The smallest absolute Gasteiger partial charge is 0.164 e. The zero-order chi connectivity index (χ0) is 10.7. The van der Waals surface area contributed by atoms with Gasteiger partial charge >= 0.3 is 0 Å². The SMILES string of the molecule is CCOc1cccc2c1OCC(CO)C2. The highest BCUT2D eigenvalue weighted by Crippen LogP contribution is 2.36. The van der Waals surface area contributed by atoms with E-state index in [1.54, 1.807) is 0 Å². The molecular weight excluding hydrogens is 192 g/mol.